The minimum atomic E-state index is 0.607. The fourth-order valence-electron chi connectivity index (χ4n) is 7.41. The molecular weight excluding hydrogens is 731 g/mol. The topological polar surface area (TPSA) is 64.5 Å². The van der Waals surface area contributed by atoms with Crippen LogP contribution in [0.15, 0.2) is 224 Å². The molecule has 5 nitrogen and oxygen atoms in total. The van der Waals surface area contributed by atoms with Crippen molar-refractivity contribution >= 4 is 0 Å². The Morgan fingerprint density at radius 1 is 0.167 bits per heavy atom. The first kappa shape index (κ1) is 36.2. The van der Waals surface area contributed by atoms with Gasteiger partial charge in [-0.15, -0.1) is 0 Å². The fraction of sp³-hybridized carbons (Fsp3) is 0. The second-order valence-corrected chi connectivity index (χ2v) is 14.5. The molecule has 0 atom stereocenters. The normalized spacial score (nSPS) is 11.0. The number of benzene rings is 8. The van der Waals surface area contributed by atoms with Crippen LogP contribution < -0.4 is 0 Å². The number of hydrogen-bond acceptors (Lipinski definition) is 5. The quantitative estimate of drug-likeness (QED) is 0.146. The van der Waals surface area contributed by atoms with Gasteiger partial charge in [-0.05, 0) is 51.6 Å². The summed E-state index contributed by atoms with van der Waals surface area (Å²) < 4.78 is 0. The molecule has 0 amide bonds. The Morgan fingerprint density at radius 2 is 0.450 bits per heavy atom. The van der Waals surface area contributed by atoms with Crippen molar-refractivity contribution in [2.45, 2.75) is 0 Å². The largest absolute Gasteiger partial charge is 0.228 e. The Balaban J connectivity index is 1.02. The van der Waals surface area contributed by atoms with E-state index in [9.17, 15) is 0 Å². The molecule has 0 N–H and O–H groups in total. The maximum atomic E-state index is 5.16. The van der Waals surface area contributed by atoms with Gasteiger partial charge in [0.15, 0.2) is 23.3 Å². The smallest absolute Gasteiger partial charge is 0.164 e. The summed E-state index contributed by atoms with van der Waals surface area (Å²) in [5.74, 6) is 2.52. The number of hydrogen-bond donors (Lipinski definition) is 0. The van der Waals surface area contributed by atoms with Crippen LogP contribution in [0, 0.1) is 0 Å². The van der Waals surface area contributed by atoms with Crippen molar-refractivity contribution in [3.63, 3.8) is 0 Å². The van der Waals surface area contributed by atoms with E-state index in [0.29, 0.717) is 23.3 Å². The van der Waals surface area contributed by atoms with Crippen molar-refractivity contribution in [2.75, 3.05) is 0 Å². The van der Waals surface area contributed by atoms with E-state index in [0.717, 1.165) is 72.6 Å². The predicted octanol–water partition coefficient (Wildman–Crippen LogP) is 13.7. The Kier molecular flexibility index (Phi) is 9.88. The fourth-order valence-corrected chi connectivity index (χ4v) is 7.41. The first-order chi connectivity index (χ1) is 29.7. The van der Waals surface area contributed by atoms with Gasteiger partial charge in [-0.2, -0.15) is 0 Å². The molecule has 2 aromatic heterocycles. The van der Waals surface area contributed by atoms with Gasteiger partial charge in [0, 0.05) is 33.4 Å². The van der Waals surface area contributed by atoms with Gasteiger partial charge in [-0.3, -0.25) is 0 Å². The third-order valence-electron chi connectivity index (χ3n) is 10.6. The van der Waals surface area contributed by atoms with Gasteiger partial charge in [0.1, 0.15) is 0 Å². The van der Waals surface area contributed by atoms with Crippen LogP contribution in [0.4, 0.5) is 0 Å². The first-order valence-corrected chi connectivity index (χ1v) is 20.0. The molecule has 0 aliphatic heterocycles. The van der Waals surface area contributed by atoms with Gasteiger partial charge >= 0.3 is 0 Å². The molecule has 0 aliphatic rings. The molecule has 0 saturated carbocycles. The second kappa shape index (κ2) is 16.4. The zero-order valence-electron chi connectivity index (χ0n) is 32.6. The molecule has 0 saturated heterocycles. The van der Waals surface area contributed by atoms with Crippen LogP contribution >= 0.6 is 0 Å². The highest BCUT2D eigenvalue weighted by atomic mass is 15.0. The van der Waals surface area contributed by atoms with Crippen LogP contribution in [-0.2, 0) is 0 Å². The molecule has 2 heterocycles. The molecule has 0 aliphatic carbocycles. The third kappa shape index (κ3) is 7.76. The second-order valence-electron chi connectivity index (χ2n) is 14.5. The van der Waals surface area contributed by atoms with Crippen molar-refractivity contribution in [1.82, 2.24) is 24.9 Å². The van der Waals surface area contributed by atoms with E-state index in [-0.39, 0.29) is 0 Å². The Hall–Kier alpha value is -8.15. The van der Waals surface area contributed by atoms with Crippen LogP contribution in [0.25, 0.3) is 101 Å². The average molecular weight is 768 g/mol. The molecule has 0 bridgehead atoms. The summed E-state index contributed by atoms with van der Waals surface area (Å²) in [7, 11) is 0. The molecular formula is C55H37N5. The summed E-state index contributed by atoms with van der Waals surface area (Å²) in [6.07, 6.45) is 0. The first-order valence-electron chi connectivity index (χ1n) is 20.0. The van der Waals surface area contributed by atoms with E-state index in [1.807, 2.05) is 60.7 Å². The van der Waals surface area contributed by atoms with Crippen LogP contribution in [0.2, 0.25) is 0 Å². The zero-order chi connectivity index (χ0) is 40.1. The van der Waals surface area contributed by atoms with Crippen LogP contribution in [0.5, 0.6) is 0 Å². The summed E-state index contributed by atoms with van der Waals surface area (Å²) in [5, 5.41) is 0. The van der Waals surface area contributed by atoms with Crippen molar-refractivity contribution in [3.05, 3.63) is 224 Å². The van der Waals surface area contributed by atoms with Crippen molar-refractivity contribution < 1.29 is 0 Å². The summed E-state index contributed by atoms with van der Waals surface area (Å²) in [6.45, 7) is 0. The lowest BCUT2D eigenvalue weighted by molar-refractivity contribution is 1.07. The number of rotatable bonds is 9. The van der Waals surface area contributed by atoms with Gasteiger partial charge in [-0.25, -0.2) is 24.9 Å². The summed E-state index contributed by atoms with van der Waals surface area (Å²) in [5.41, 5.74) is 14.2. The molecule has 0 spiro atoms. The predicted molar refractivity (Wildman–Crippen MR) is 244 cm³/mol. The summed E-state index contributed by atoms with van der Waals surface area (Å²) in [6, 6.07) is 77.0. The van der Waals surface area contributed by atoms with Crippen LogP contribution in [0.3, 0.4) is 0 Å². The van der Waals surface area contributed by atoms with Crippen molar-refractivity contribution in [1.29, 1.82) is 0 Å². The minimum Gasteiger partial charge on any atom is -0.228 e. The molecule has 0 unspecified atom stereocenters. The number of aromatic nitrogens is 5. The van der Waals surface area contributed by atoms with Crippen molar-refractivity contribution in [3.8, 4) is 101 Å². The molecule has 10 aromatic rings. The highest BCUT2D eigenvalue weighted by Gasteiger charge is 2.15. The van der Waals surface area contributed by atoms with Crippen LogP contribution in [-0.4, -0.2) is 24.9 Å². The molecule has 60 heavy (non-hydrogen) atoms. The Morgan fingerprint density at radius 3 is 0.933 bits per heavy atom. The van der Waals surface area contributed by atoms with E-state index in [1.54, 1.807) is 0 Å². The molecule has 5 heteroatoms. The number of nitrogens with zero attached hydrogens (tertiary/aromatic N) is 5. The van der Waals surface area contributed by atoms with E-state index in [4.69, 9.17) is 24.9 Å². The third-order valence-corrected chi connectivity index (χ3v) is 10.6. The van der Waals surface area contributed by atoms with Gasteiger partial charge in [0.2, 0.25) is 0 Å². The molecule has 282 valence electrons. The maximum absolute atomic E-state index is 5.16. The van der Waals surface area contributed by atoms with E-state index in [2.05, 4.69) is 164 Å². The average Bonchev–Trinajstić information content (AvgIpc) is 3.35. The van der Waals surface area contributed by atoms with Crippen molar-refractivity contribution in [2.24, 2.45) is 0 Å². The summed E-state index contributed by atoms with van der Waals surface area (Å²) >= 11 is 0. The lowest BCUT2D eigenvalue weighted by Crippen LogP contribution is -2.00. The highest BCUT2D eigenvalue weighted by molar-refractivity contribution is 5.79. The van der Waals surface area contributed by atoms with Gasteiger partial charge in [0.05, 0.1) is 11.4 Å². The highest BCUT2D eigenvalue weighted by Crippen LogP contribution is 2.33. The van der Waals surface area contributed by atoms with Gasteiger partial charge < -0.3 is 0 Å². The van der Waals surface area contributed by atoms with E-state index >= 15 is 0 Å². The van der Waals surface area contributed by atoms with Gasteiger partial charge in [0.25, 0.3) is 0 Å². The monoisotopic (exact) mass is 767 g/mol. The summed E-state index contributed by atoms with van der Waals surface area (Å²) in [4.78, 5) is 25.3. The molecule has 8 aromatic carbocycles. The van der Waals surface area contributed by atoms with E-state index in [1.165, 1.54) is 5.56 Å². The lowest BCUT2D eigenvalue weighted by Gasteiger charge is -2.12. The minimum absolute atomic E-state index is 0.607. The molecule has 0 fully saturated rings. The standard InChI is InChI=1S/C55H37N5/c1-5-15-38(16-6-1)40-27-31-44(32-28-40)52-56-50(42-19-9-3-10-20-42)37-51(57-52)48-25-13-23-46(35-48)47-24-14-26-49(36-47)55-59-53(43-21-11-4-12-22-43)58-54(60-55)45-33-29-41(30-34-45)39-17-7-2-8-18-39/h1-37H. The Labute approximate surface area is 349 Å². The van der Waals surface area contributed by atoms with Crippen LogP contribution in [0.1, 0.15) is 0 Å². The SMILES string of the molecule is c1ccc(-c2ccc(-c3nc(-c4ccccc4)cc(-c4cccc(-c5cccc(-c6nc(-c7ccccc7)nc(-c7ccc(-c8ccccc8)cc7)n6)c5)c4)n3)cc2)cc1. The molecule has 0 radical (unpaired) electrons. The Bertz CT molecular complexity index is 2830. The van der Waals surface area contributed by atoms with E-state index < -0.39 is 0 Å². The zero-order valence-corrected chi connectivity index (χ0v) is 32.6. The molecule has 10 rings (SSSR count). The maximum Gasteiger partial charge on any atom is 0.164 e. The van der Waals surface area contributed by atoms with Gasteiger partial charge in [-0.1, -0.05) is 206 Å². The lowest BCUT2D eigenvalue weighted by atomic mass is 9.99.